The largest absolute Gasteiger partial charge is 0.453 e. The molecule has 2 heterocycles. The normalized spacial score (nSPS) is 11.6. The van der Waals surface area contributed by atoms with Crippen LogP contribution in [0, 0.1) is 0 Å². The number of nitrogens with zero attached hydrogens (tertiary/aromatic N) is 4. The predicted molar refractivity (Wildman–Crippen MR) is 105 cm³/mol. The summed E-state index contributed by atoms with van der Waals surface area (Å²) in [6.45, 7) is 2.22. The molecule has 3 aromatic rings. The SMILES string of the molecule is COC(=O)NC(=O)[C@@H](C)Sc1nnc(-c2cccnc2)n1Cc1ccccc1. The smallest absolute Gasteiger partial charge is 0.413 e. The van der Waals surface area contributed by atoms with Crippen molar-refractivity contribution in [3.63, 3.8) is 0 Å². The molecule has 0 saturated heterocycles. The van der Waals surface area contributed by atoms with E-state index >= 15 is 0 Å². The number of benzene rings is 1. The lowest BCUT2D eigenvalue weighted by atomic mass is 10.2. The van der Waals surface area contributed by atoms with Gasteiger partial charge in [-0.3, -0.25) is 19.7 Å². The van der Waals surface area contributed by atoms with Crippen LogP contribution in [0.25, 0.3) is 11.4 Å². The number of thioether (sulfide) groups is 1. The molecule has 0 aliphatic heterocycles. The number of hydrogen-bond acceptors (Lipinski definition) is 7. The van der Waals surface area contributed by atoms with Crippen LogP contribution in [0.3, 0.4) is 0 Å². The molecule has 9 heteroatoms. The first-order chi connectivity index (χ1) is 13.6. The Bertz CT molecular complexity index is 947. The molecule has 2 aromatic heterocycles. The lowest BCUT2D eigenvalue weighted by molar-refractivity contribution is -0.119. The topological polar surface area (TPSA) is 99.0 Å². The molecular formula is C19H19N5O3S. The summed E-state index contributed by atoms with van der Waals surface area (Å²) in [5.41, 5.74) is 1.89. The van der Waals surface area contributed by atoms with Crippen molar-refractivity contribution in [2.45, 2.75) is 23.9 Å². The van der Waals surface area contributed by atoms with Crippen LogP contribution >= 0.6 is 11.8 Å². The Morgan fingerprint density at radius 2 is 1.96 bits per heavy atom. The number of nitrogens with one attached hydrogen (secondary N) is 1. The molecule has 0 saturated carbocycles. The molecule has 0 radical (unpaired) electrons. The van der Waals surface area contributed by atoms with Crippen LogP contribution in [0.5, 0.6) is 0 Å². The maximum Gasteiger partial charge on any atom is 0.413 e. The highest BCUT2D eigenvalue weighted by Crippen LogP contribution is 2.27. The monoisotopic (exact) mass is 397 g/mol. The summed E-state index contributed by atoms with van der Waals surface area (Å²) in [4.78, 5) is 27.6. The number of hydrogen-bond donors (Lipinski definition) is 1. The number of pyridine rings is 1. The molecule has 1 aromatic carbocycles. The summed E-state index contributed by atoms with van der Waals surface area (Å²) in [5.74, 6) is 0.189. The number of rotatable bonds is 6. The van der Waals surface area contributed by atoms with E-state index in [1.807, 2.05) is 47.0 Å². The van der Waals surface area contributed by atoms with Crippen LogP contribution in [0.4, 0.5) is 4.79 Å². The van der Waals surface area contributed by atoms with Crippen LogP contribution in [0.15, 0.2) is 60.0 Å². The third-order valence-corrected chi connectivity index (χ3v) is 4.96. The van der Waals surface area contributed by atoms with E-state index in [4.69, 9.17) is 0 Å². The molecule has 1 N–H and O–H groups in total. The molecule has 0 unspecified atom stereocenters. The molecule has 8 nitrogen and oxygen atoms in total. The van der Waals surface area contributed by atoms with Crippen molar-refractivity contribution in [1.82, 2.24) is 25.1 Å². The van der Waals surface area contributed by atoms with Gasteiger partial charge in [0.2, 0.25) is 5.91 Å². The van der Waals surface area contributed by atoms with E-state index < -0.39 is 17.3 Å². The molecule has 0 aliphatic carbocycles. The van der Waals surface area contributed by atoms with Crippen molar-refractivity contribution < 1.29 is 14.3 Å². The Hall–Kier alpha value is -3.20. The zero-order valence-corrected chi connectivity index (χ0v) is 16.2. The maximum atomic E-state index is 12.2. The zero-order valence-electron chi connectivity index (χ0n) is 15.4. The Balaban J connectivity index is 1.89. The third-order valence-electron chi connectivity index (χ3n) is 3.88. The number of imide groups is 1. The average Bonchev–Trinajstić information content (AvgIpc) is 3.11. The first kappa shape index (κ1) is 19.6. The van der Waals surface area contributed by atoms with E-state index in [1.54, 1.807) is 19.3 Å². The van der Waals surface area contributed by atoms with E-state index in [0.717, 1.165) is 11.1 Å². The van der Waals surface area contributed by atoms with Crippen LogP contribution in [-0.2, 0) is 16.1 Å². The summed E-state index contributed by atoms with van der Waals surface area (Å²) in [5, 5.41) is 10.7. The van der Waals surface area contributed by atoms with Gasteiger partial charge in [0.15, 0.2) is 11.0 Å². The minimum atomic E-state index is -0.792. The van der Waals surface area contributed by atoms with Gasteiger partial charge in [-0.15, -0.1) is 10.2 Å². The highest BCUT2D eigenvalue weighted by molar-refractivity contribution is 8.00. The van der Waals surface area contributed by atoms with E-state index in [0.29, 0.717) is 17.5 Å². The van der Waals surface area contributed by atoms with Crippen LogP contribution in [-0.4, -0.2) is 44.1 Å². The Morgan fingerprint density at radius 3 is 2.64 bits per heavy atom. The van der Waals surface area contributed by atoms with Gasteiger partial charge in [0.05, 0.1) is 18.9 Å². The summed E-state index contributed by atoms with van der Waals surface area (Å²) in [6.07, 6.45) is 2.61. The van der Waals surface area contributed by atoms with Crippen molar-refractivity contribution in [3.8, 4) is 11.4 Å². The summed E-state index contributed by atoms with van der Waals surface area (Å²) in [6, 6.07) is 13.6. The maximum absolute atomic E-state index is 12.2. The average molecular weight is 397 g/mol. The molecule has 144 valence electrons. The minimum Gasteiger partial charge on any atom is -0.453 e. The van der Waals surface area contributed by atoms with E-state index in [-0.39, 0.29) is 0 Å². The van der Waals surface area contributed by atoms with Gasteiger partial charge in [0.1, 0.15) is 0 Å². The van der Waals surface area contributed by atoms with Gasteiger partial charge < -0.3 is 4.74 Å². The second-order valence-corrected chi connectivity index (χ2v) is 7.17. The first-order valence-corrected chi connectivity index (χ1v) is 9.39. The van der Waals surface area contributed by atoms with Gasteiger partial charge in [-0.1, -0.05) is 42.1 Å². The number of aromatic nitrogens is 4. The van der Waals surface area contributed by atoms with Gasteiger partial charge in [-0.05, 0) is 24.6 Å². The number of alkyl carbamates (subject to hydrolysis) is 1. The predicted octanol–water partition coefficient (Wildman–Crippen LogP) is 2.75. The highest BCUT2D eigenvalue weighted by atomic mass is 32.2. The molecule has 1 atom stereocenters. The highest BCUT2D eigenvalue weighted by Gasteiger charge is 2.22. The van der Waals surface area contributed by atoms with Gasteiger partial charge in [0.25, 0.3) is 0 Å². The lowest BCUT2D eigenvalue weighted by Crippen LogP contribution is -2.36. The number of methoxy groups -OCH3 is 1. The van der Waals surface area contributed by atoms with Crippen molar-refractivity contribution >= 4 is 23.8 Å². The van der Waals surface area contributed by atoms with Crippen LogP contribution in [0.1, 0.15) is 12.5 Å². The van der Waals surface area contributed by atoms with Crippen LogP contribution in [0.2, 0.25) is 0 Å². The number of ether oxygens (including phenoxy) is 1. The van der Waals surface area contributed by atoms with Gasteiger partial charge >= 0.3 is 6.09 Å². The first-order valence-electron chi connectivity index (χ1n) is 8.51. The van der Waals surface area contributed by atoms with E-state index in [9.17, 15) is 9.59 Å². The molecule has 0 aliphatic rings. The van der Waals surface area contributed by atoms with Crippen molar-refractivity contribution in [2.24, 2.45) is 0 Å². The number of carbonyl (C=O) groups excluding carboxylic acids is 2. The number of carbonyl (C=O) groups is 2. The molecule has 0 bridgehead atoms. The Labute approximate surface area is 166 Å². The Morgan fingerprint density at radius 1 is 1.18 bits per heavy atom. The second kappa shape index (κ2) is 9.14. The fourth-order valence-electron chi connectivity index (χ4n) is 2.46. The zero-order chi connectivity index (χ0) is 19.9. The summed E-state index contributed by atoms with van der Waals surface area (Å²) in [7, 11) is 1.21. The molecule has 0 spiro atoms. The quantitative estimate of drug-likeness (QED) is 0.639. The van der Waals surface area contributed by atoms with Crippen molar-refractivity contribution in [2.75, 3.05) is 7.11 Å². The second-order valence-electron chi connectivity index (χ2n) is 5.86. The van der Waals surface area contributed by atoms with Gasteiger partial charge in [0, 0.05) is 18.0 Å². The van der Waals surface area contributed by atoms with Crippen molar-refractivity contribution in [3.05, 3.63) is 60.4 Å². The molecule has 0 fully saturated rings. The lowest BCUT2D eigenvalue weighted by Gasteiger charge is -2.13. The van der Waals surface area contributed by atoms with E-state index in [2.05, 4.69) is 25.2 Å². The fourth-order valence-corrected chi connectivity index (χ4v) is 3.31. The molecule has 28 heavy (non-hydrogen) atoms. The van der Waals surface area contributed by atoms with Crippen molar-refractivity contribution in [1.29, 1.82) is 0 Å². The summed E-state index contributed by atoms with van der Waals surface area (Å²) < 4.78 is 6.40. The van der Waals surface area contributed by atoms with E-state index in [1.165, 1.54) is 18.9 Å². The number of amides is 2. The van der Waals surface area contributed by atoms with Crippen LogP contribution < -0.4 is 5.32 Å². The minimum absolute atomic E-state index is 0.464. The standard InChI is InChI=1S/C19H19N5O3S/c1-13(17(25)21-19(26)27-2)28-18-23-22-16(15-9-6-10-20-11-15)24(18)12-14-7-4-3-5-8-14/h3-11,13H,12H2,1-2H3,(H,21,25,26)/t13-/m1/s1. The third kappa shape index (κ3) is 4.74. The molecule has 2 amide bonds. The Kier molecular flexibility index (Phi) is 6.38. The molecular weight excluding hydrogens is 378 g/mol. The summed E-state index contributed by atoms with van der Waals surface area (Å²) >= 11 is 1.21. The van der Waals surface area contributed by atoms with Gasteiger partial charge in [-0.2, -0.15) is 0 Å². The fraction of sp³-hybridized carbons (Fsp3) is 0.211. The molecule has 3 rings (SSSR count). The van der Waals surface area contributed by atoms with Gasteiger partial charge in [-0.25, -0.2) is 4.79 Å².